The van der Waals surface area contributed by atoms with Crippen LogP contribution in [-0.2, 0) is 4.79 Å². The van der Waals surface area contributed by atoms with Gasteiger partial charge in [-0.05, 0) is 51.8 Å². The van der Waals surface area contributed by atoms with Gasteiger partial charge in [0.25, 0.3) is 5.91 Å². The largest absolute Gasteiger partial charge is 0.341 e. The van der Waals surface area contributed by atoms with Gasteiger partial charge in [0.15, 0.2) is 5.69 Å². The second kappa shape index (κ2) is 8.59. The van der Waals surface area contributed by atoms with Gasteiger partial charge in [0.2, 0.25) is 5.91 Å². The second-order valence-corrected chi connectivity index (χ2v) is 7.49. The number of hydrogen-bond acceptors (Lipinski definition) is 3. The molecule has 1 saturated carbocycles. The topological polar surface area (TPSA) is 67.2 Å². The van der Waals surface area contributed by atoms with Crippen molar-refractivity contribution in [2.24, 2.45) is 0 Å². The first kappa shape index (κ1) is 20.1. The maximum absolute atomic E-state index is 13.2. The van der Waals surface area contributed by atoms with E-state index in [1.54, 1.807) is 10.7 Å². The highest BCUT2D eigenvalue weighted by Crippen LogP contribution is 2.30. The van der Waals surface area contributed by atoms with E-state index in [1.165, 1.54) is 0 Å². The lowest BCUT2D eigenvalue weighted by atomic mass is 9.80. The molecule has 0 atom stereocenters. The number of likely N-dealkylation sites (N-methyl/N-ethyl adjacent to an activating group) is 1. The number of benzene rings is 1. The molecule has 1 aliphatic carbocycles. The fourth-order valence-electron chi connectivity index (χ4n) is 4.06. The first-order chi connectivity index (χ1) is 13.5. The summed E-state index contributed by atoms with van der Waals surface area (Å²) >= 11 is 0. The lowest BCUT2D eigenvalue weighted by Crippen LogP contribution is -2.60. The van der Waals surface area contributed by atoms with E-state index < -0.39 is 5.54 Å². The maximum Gasteiger partial charge on any atom is 0.272 e. The summed E-state index contributed by atoms with van der Waals surface area (Å²) in [5.41, 5.74) is 1.32. The monoisotopic (exact) mass is 382 g/mol. The van der Waals surface area contributed by atoms with E-state index in [4.69, 9.17) is 0 Å². The van der Waals surface area contributed by atoms with Crippen LogP contribution in [0.2, 0.25) is 0 Å². The molecule has 6 heteroatoms. The Morgan fingerprint density at radius 3 is 2.36 bits per heavy atom. The van der Waals surface area contributed by atoms with Crippen LogP contribution in [0.3, 0.4) is 0 Å². The Morgan fingerprint density at radius 1 is 1.11 bits per heavy atom. The van der Waals surface area contributed by atoms with Gasteiger partial charge < -0.3 is 10.2 Å². The van der Waals surface area contributed by atoms with Gasteiger partial charge in [-0.25, -0.2) is 4.68 Å². The summed E-state index contributed by atoms with van der Waals surface area (Å²) in [5.74, 6) is -0.245. The summed E-state index contributed by atoms with van der Waals surface area (Å²) in [6, 6.07) is 11.5. The number of nitrogens with one attached hydrogen (secondary N) is 1. The van der Waals surface area contributed by atoms with Crippen molar-refractivity contribution in [1.29, 1.82) is 0 Å². The molecule has 0 unspecified atom stereocenters. The molecule has 1 heterocycles. The predicted molar refractivity (Wildman–Crippen MR) is 110 cm³/mol. The Balaban J connectivity index is 1.86. The van der Waals surface area contributed by atoms with E-state index in [0.717, 1.165) is 30.6 Å². The highest BCUT2D eigenvalue weighted by Gasteiger charge is 2.43. The van der Waals surface area contributed by atoms with Crippen molar-refractivity contribution in [2.45, 2.75) is 58.4 Å². The van der Waals surface area contributed by atoms with Gasteiger partial charge in [-0.2, -0.15) is 5.10 Å². The molecule has 2 amide bonds. The summed E-state index contributed by atoms with van der Waals surface area (Å²) in [5, 5.41) is 7.58. The smallest absolute Gasteiger partial charge is 0.272 e. The lowest BCUT2D eigenvalue weighted by Gasteiger charge is -2.39. The molecule has 1 aromatic heterocycles. The van der Waals surface area contributed by atoms with Crippen molar-refractivity contribution < 1.29 is 9.59 Å². The van der Waals surface area contributed by atoms with Crippen LogP contribution in [0, 0.1) is 6.92 Å². The lowest BCUT2D eigenvalue weighted by molar-refractivity contribution is -0.139. The highest BCUT2D eigenvalue weighted by atomic mass is 16.2. The molecule has 0 spiro atoms. The molecule has 1 aliphatic rings. The van der Waals surface area contributed by atoms with Crippen LogP contribution in [-0.4, -0.2) is 45.1 Å². The van der Waals surface area contributed by atoms with Crippen molar-refractivity contribution in [3.63, 3.8) is 0 Å². The first-order valence-electron chi connectivity index (χ1n) is 10.2. The number of rotatable bonds is 6. The number of aryl methyl sites for hydroxylation is 1. The number of nitrogens with zero attached hydrogens (tertiary/aromatic N) is 3. The number of amides is 2. The third-order valence-corrected chi connectivity index (χ3v) is 5.64. The molecule has 28 heavy (non-hydrogen) atoms. The van der Waals surface area contributed by atoms with E-state index in [1.807, 2.05) is 56.0 Å². The minimum Gasteiger partial charge on any atom is -0.341 e. The standard InChI is InChI=1S/C22H30N4O2/c1-4-25(5-2)21(28)22(14-10-7-11-15-22)23-20(27)19-16-17(3)26(24-19)18-12-8-6-9-13-18/h6,8-9,12-13,16H,4-5,7,10-11,14-15H2,1-3H3,(H,23,27). The van der Waals surface area contributed by atoms with Crippen molar-refractivity contribution in [1.82, 2.24) is 20.0 Å². The fourth-order valence-corrected chi connectivity index (χ4v) is 4.06. The molecule has 1 aromatic carbocycles. The molecule has 6 nitrogen and oxygen atoms in total. The Bertz CT molecular complexity index is 818. The van der Waals surface area contributed by atoms with E-state index >= 15 is 0 Å². The second-order valence-electron chi connectivity index (χ2n) is 7.49. The molecule has 0 radical (unpaired) electrons. The minimum atomic E-state index is -0.814. The Labute approximate surface area is 166 Å². The van der Waals surface area contributed by atoms with Crippen LogP contribution < -0.4 is 5.32 Å². The van der Waals surface area contributed by atoms with Crippen LogP contribution in [0.4, 0.5) is 0 Å². The summed E-state index contributed by atoms with van der Waals surface area (Å²) < 4.78 is 1.76. The quantitative estimate of drug-likeness (QED) is 0.832. The van der Waals surface area contributed by atoms with Gasteiger partial charge in [-0.3, -0.25) is 9.59 Å². The number of hydrogen-bond donors (Lipinski definition) is 1. The van der Waals surface area contributed by atoms with Crippen LogP contribution in [0.25, 0.3) is 5.69 Å². The minimum absolute atomic E-state index is 0.0322. The Kier molecular flexibility index (Phi) is 6.17. The van der Waals surface area contributed by atoms with E-state index in [-0.39, 0.29) is 11.8 Å². The van der Waals surface area contributed by atoms with Crippen LogP contribution >= 0.6 is 0 Å². The summed E-state index contributed by atoms with van der Waals surface area (Å²) in [4.78, 5) is 28.1. The number of para-hydroxylation sites is 1. The molecule has 1 N–H and O–H groups in total. The van der Waals surface area contributed by atoms with Gasteiger partial charge in [0.05, 0.1) is 5.69 Å². The van der Waals surface area contributed by atoms with Gasteiger partial charge in [0, 0.05) is 18.8 Å². The van der Waals surface area contributed by atoms with Crippen LogP contribution in [0.15, 0.2) is 36.4 Å². The SMILES string of the molecule is CCN(CC)C(=O)C1(NC(=O)c2cc(C)n(-c3ccccc3)n2)CCCCC1. The van der Waals surface area contributed by atoms with Gasteiger partial charge in [0.1, 0.15) is 5.54 Å². The number of carbonyl (C=O) groups is 2. The average molecular weight is 383 g/mol. The maximum atomic E-state index is 13.2. The van der Waals surface area contributed by atoms with E-state index in [2.05, 4.69) is 10.4 Å². The first-order valence-corrected chi connectivity index (χ1v) is 10.2. The van der Waals surface area contributed by atoms with Crippen LogP contribution in [0.1, 0.15) is 62.1 Å². The normalized spacial score (nSPS) is 15.8. The zero-order valence-corrected chi connectivity index (χ0v) is 17.1. The Hall–Kier alpha value is -2.63. The van der Waals surface area contributed by atoms with Crippen LogP contribution in [0.5, 0.6) is 0 Å². The summed E-state index contributed by atoms with van der Waals surface area (Å²) in [6.07, 6.45) is 4.37. The molecule has 0 saturated heterocycles. The van der Waals surface area contributed by atoms with Gasteiger partial charge in [-0.15, -0.1) is 0 Å². The highest BCUT2D eigenvalue weighted by molar-refractivity contribution is 5.98. The Morgan fingerprint density at radius 2 is 1.75 bits per heavy atom. The molecular weight excluding hydrogens is 352 g/mol. The summed E-state index contributed by atoms with van der Waals surface area (Å²) in [7, 11) is 0. The van der Waals surface area contributed by atoms with Crippen molar-refractivity contribution in [3.8, 4) is 5.69 Å². The van der Waals surface area contributed by atoms with Crippen molar-refractivity contribution >= 4 is 11.8 Å². The van der Waals surface area contributed by atoms with Gasteiger partial charge >= 0.3 is 0 Å². The molecule has 150 valence electrons. The fraction of sp³-hybridized carbons (Fsp3) is 0.500. The number of carbonyl (C=O) groups excluding carboxylic acids is 2. The third-order valence-electron chi connectivity index (χ3n) is 5.64. The molecule has 3 rings (SSSR count). The van der Waals surface area contributed by atoms with E-state index in [0.29, 0.717) is 31.6 Å². The zero-order valence-electron chi connectivity index (χ0n) is 17.1. The zero-order chi connectivity index (χ0) is 20.1. The molecular formula is C22H30N4O2. The van der Waals surface area contributed by atoms with Crippen molar-refractivity contribution in [2.75, 3.05) is 13.1 Å². The van der Waals surface area contributed by atoms with Crippen molar-refractivity contribution in [3.05, 3.63) is 47.8 Å². The summed E-state index contributed by atoms with van der Waals surface area (Å²) in [6.45, 7) is 7.17. The average Bonchev–Trinajstić information content (AvgIpc) is 3.12. The predicted octanol–water partition coefficient (Wildman–Crippen LogP) is 3.48. The number of aromatic nitrogens is 2. The molecule has 2 aromatic rings. The molecule has 1 fully saturated rings. The van der Waals surface area contributed by atoms with E-state index in [9.17, 15) is 9.59 Å². The molecule has 0 bridgehead atoms. The van der Waals surface area contributed by atoms with Gasteiger partial charge in [-0.1, -0.05) is 37.5 Å². The molecule has 0 aliphatic heterocycles. The third kappa shape index (κ3) is 3.96.